The molecule has 5 rings (SSSR count). The maximum absolute atomic E-state index is 13.8. The van der Waals surface area contributed by atoms with E-state index in [2.05, 4.69) is 10.4 Å². The first-order valence-corrected chi connectivity index (χ1v) is 11.8. The fourth-order valence-electron chi connectivity index (χ4n) is 4.58. The minimum absolute atomic E-state index is 0.164. The van der Waals surface area contributed by atoms with E-state index in [1.165, 1.54) is 0 Å². The molecule has 2 aromatic carbocycles. The fourth-order valence-corrected chi connectivity index (χ4v) is 4.58. The number of aryl methyl sites for hydroxylation is 1. The van der Waals surface area contributed by atoms with Gasteiger partial charge in [-0.2, -0.15) is 5.10 Å². The van der Waals surface area contributed by atoms with Crippen molar-refractivity contribution in [2.24, 2.45) is 0 Å². The van der Waals surface area contributed by atoms with Crippen molar-refractivity contribution < 1.29 is 18.7 Å². The van der Waals surface area contributed by atoms with E-state index in [4.69, 9.17) is 9.15 Å². The third-order valence-electron chi connectivity index (χ3n) is 6.60. The highest BCUT2D eigenvalue weighted by molar-refractivity contribution is 6.00. The number of carbonyl (C=O) groups excluding carboxylic acids is 2. The molecule has 0 saturated heterocycles. The summed E-state index contributed by atoms with van der Waals surface area (Å²) < 4.78 is 12.8. The second kappa shape index (κ2) is 9.37. The van der Waals surface area contributed by atoms with Gasteiger partial charge in [-0.1, -0.05) is 48.5 Å². The first kappa shape index (κ1) is 23.4. The van der Waals surface area contributed by atoms with Crippen LogP contribution in [0.2, 0.25) is 0 Å². The Kier molecular flexibility index (Phi) is 6.10. The van der Waals surface area contributed by atoms with Crippen LogP contribution in [0.25, 0.3) is 11.3 Å². The molecule has 1 aliphatic heterocycles. The Morgan fingerprint density at radius 1 is 1.11 bits per heavy atom. The monoisotopic (exact) mass is 484 g/mol. The van der Waals surface area contributed by atoms with Gasteiger partial charge in [0, 0.05) is 17.7 Å². The summed E-state index contributed by atoms with van der Waals surface area (Å²) in [5, 5.41) is 7.70. The highest BCUT2D eigenvalue weighted by Gasteiger charge is 2.48. The number of benzene rings is 2. The molecule has 4 aromatic rings. The standard InChI is InChI=1S/C28H28N4O4/c1-19-13-14-22(36-19)17-31-26(33)24-15-23(20-9-5-4-6-10-20)30-32(24)18-28(31,2)27(34)29-16-21-11-7-8-12-25(21)35-3/h4-15H,16-18H2,1-3H3,(H,29,34)/t28-/m1/s1. The number of nitrogens with one attached hydrogen (secondary N) is 1. The first-order valence-electron chi connectivity index (χ1n) is 11.8. The van der Waals surface area contributed by atoms with Crippen LogP contribution in [-0.2, 0) is 24.4 Å². The number of hydrogen-bond acceptors (Lipinski definition) is 5. The molecule has 1 aliphatic rings. The van der Waals surface area contributed by atoms with Gasteiger partial charge in [0.2, 0.25) is 5.91 Å². The van der Waals surface area contributed by atoms with Crippen LogP contribution in [0.3, 0.4) is 0 Å². The summed E-state index contributed by atoms with van der Waals surface area (Å²) in [6.45, 7) is 4.25. The molecule has 8 heteroatoms. The average molecular weight is 485 g/mol. The summed E-state index contributed by atoms with van der Waals surface area (Å²) in [6.07, 6.45) is 0. The number of hydrogen-bond donors (Lipinski definition) is 1. The minimum Gasteiger partial charge on any atom is -0.496 e. The smallest absolute Gasteiger partial charge is 0.273 e. The van der Waals surface area contributed by atoms with Crippen molar-refractivity contribution >= 4 is 11.8 Å². The van der Waals surface area contributed by atoms with E-state index in [1.54, 1.807) is 29.7 Å². The van der Waals surface area contributed by atoms with Crippen molar-refractivity contribution in [3.63, 3.8) is 0 Å². The van der Waals surface area contributed by atoms with E-state index < -0.39 is 5.54 Å². The van der Waals surface area contributed by atoms with Crippen LogP contribution in [0.4, 0.5) is 0 Å². The molecule has 1 N–H and O–H groups in total. The Labute approximate surface area is 209 Å². The Hall–Kier alpha value is -4.33. The van der Waals surface area contributed by atoms with Gasteiger partial charge in [0.05, 0.1) is 25.9 Å². The van der Waals surface area contributed by atoms with Crippen molar-refractivity contribution in [2.75, 3.05) is 7.11 Å². The van der Waals surface area contributed by atoms with Crippen molar-refractivity contribution in [3.05, 3.63) is 95.6 Å². The van der Waals surface area contributed by atoms with Gasteiger partial charge in [0.25, 0.3) is 5.91 Å². The fraction of sp³-hybridized carbons (Fsp3) is 0.250. The number of ether oxygens (including phenoxy) is 1. The van der Waals surface area contributed by atoms with Gasteiger partial charge >= 0.3 is 0 Å². The molecule has 0 bridgehead atoms. The van der Waals surface area contributed by atoms with Gasteiger partial charge in [-0.3, -0.25) is 14.3 Å². The molecule has 2 amide bonds. The Morgan fingerprint density at radius 2 is 1.86 bits per heavy atom. The van der Waals surface area contributed by atoms with Crippen molar-refractivity contribution in [3.8, 4) is 17.0 Å². The van der Waals surface area contributed by atoms with E-state index in [0.29, 0.717) is 22.9 Å². The van der Waals surface area contributed by atoms with Gasteiger partial charge in [-0.25, -0.2) is 0 Å². The van der Waals surface area contributed by atoms with Gasteiger partial charge in [0.1, 0.15) is 28.5 Å². The highest BCUT2D eigenvalue weighted by Crippen LogP contribution is 2.32. The van der Waals surface area contributed by atoms with E-state index in [-0.39, 0.29) is 31.4 Å². The van der Waals surface area contributed by atoms with E-state index in [0.717, 1.165) is 16.9 Å². The summed E-state index contributed by atoms with van der Waals surface area (Å²) >= 11 is 0. The molecule has 1 atom stereocenters. The van der Waals surface area contributed by atoms with Crippen LogP contribution in [0.5, 0.6) is 5.75 Å². The number of aromatic nitrogens is 2. The van der Waals surface area contributed by atoms with E-state index >= 15 is 0 Å². The molecule has 8 nitrogen and oxygen atoms in total. The largest absolute Gasteiger partial charge is 0.496 e. The summed E-state index contributed by atoms with van der Waals surface area (Å²) in [4.78, 5) is 29.1. The van der Waals surface area contributed by atoms with E-state index in [1.807, 2.05) is 73.7 Å². The zero-order valence-electron chi connectivity index (χ0n) is 20.5. The van der Waals surface area contributed by atoms with Crippen LogP contribution in [-0.4, -0.2) is 39.1 Å². The Balaban J connectivity index is 1.48. The summed E-state index contributed by atoms with van der Waals surface area (Å²) in [5.74, 6) is 1.48. The van der Waals surface area contributed by atoms with Gasteiger partial charge < -0.3 is 19.4 Å². The molecule has 0 aliphatic carbocycles. The number of amides is 2. The molecule has 36 heavy (non-hydrogen) atoms. The van der Waals surface area contributed by atoms with Gasteiger partial charge in [-0.05, 0) is 38.1 Å². The lowest BCUT2D eigenvalue weighted by Crippen LogP contribution is -2.63. The van der Waals surface area contributed by atoms with Crippen molar-refractivity contribution in [2.45, 2.75) is 39.0 Å². The van der Waals surface area contributed by atoms with E-state index in [9.17, 15) is 9.59 Å². The molecule has 2 aromatic heterocycles. The van der Waals surface area contributed by atoms with Crippen LogP contribution >= 0.6 is 0 Å². The third kappa shape index (κ3) is 4.26. The number of rotatable bonds is 7. The summed E-state index contributed by atoms with van der Waals surface area (Å²) in [5.41, 5.74) is 1.67. The molecular weight excluding hydrogens is 456 g/mol. The molecule has 0 spiro atoms. The third-order valence-corrected chi connectivity index (χ3v) is 6.60. The van der Waals surface area contributed by atoms with Crippen molar-refractivity contribution in [1.29, 1.82) is 0 Å². The number of fused-ring (bicyclic) bond motifs is 1. The van der Waals surface area contributed by atoms with Crippen molar-refractivity contribution in [1.82, 2.24) is 20.0 Å². The predicted octanol–water partition coefficient (Wildman–Crippen LogP) is 4.19. The number of nitrogens with zero attached hydrogens (tertiary/aromatic N) is 3. The maximum atomic E-state index is 13.8. The molecule has 0 radical (unpaired) electrons. The SMILES string of the molecule is COc1ccccc1CNC(=O)[C@@]1(C)Cn2nc(-c3ccccc3)cc2C(=O)N1Cc1ccc(C)o1. The van der Waals surface area contributed by atoms with Crippen LogP contribution in [0.15, 0.2) is 77.2 Å². The quantitative estimate of drug-likeness (QED) is 0.425. The number of methoxy groups -OCH3 is 1. The minimum atomic E-state index is -1.20. The molecular formula is C28H28N4O4. The topological polar surface area (TPSA) is 89.6 Å². The zero-order valence-corrected chi connectivity index (χ0v) is 20.5. The zero-order chi connectivity index (χ0) is 25.3. The second-order valence-electron chi connectivity index (χ2n) is 9.11. The number of carbonyl (C=O) groups is 2. The number of para-hydroxylation sites is 1. The average Bonchev–Trinajstić information content (AvgIpc) is 3.51. The molecule has 0 unspecified atom stereocenters. The Bertz CT molecular complexity index is 1410. The summed E-state index contributed by atoms with van der Waals surface area (Å²) in [7, 11) is 1.60. The van der Waals surface area contributed by atoms with Crippen LogP contribution < -0.4 is 10.1 Å². The molecule has 0 fully saturated rings. The highest BCUT2D eigenvalue weighted by atomic mass is 16.5. The van der Waals surface area contributed by atoms with Gasteiger partial charge in [0.15, 0.2) is 0 Å². The molecule has 3 heterocycles. The van der Waals surface area contributed by atoms with Crippen LogP contribution in [0.1, 0.15) is 34.5 Å². The lowest BCUT2D eigenvalue weighted by Gasteiger charge is -2.42. The lowest BCUT2D eigenvalue weighted by molar-refractivity contribution is -0.133. The lowest BCUT2D eigenvalue weighted by atomic mass is 9.94. The maximum Gasteiger partial charge on any atom is 0.273 e. The second-order valence-corrected chi connectivity index (χ2v) is 9.11. The van der Waals surface area contributed by atoms with Gasteiger partial charge in [-0.15, -0.1) is 0 Å². The summed E-state index contributed by atoms with van der Waals surface area (Å²) in [6, 6.07) is 22.7. The molecule has 0 saturated carbocycles. The normalized spacial score (nSPS) is 17.1. The number of furan rings is 1. The predicted molar refractivity (Wildman–Crippen MR) is 134 cm³/mol. The first-order chi connectivity index (χ1) is 17.4. The van der Waals surface area contributed by atoms with Crippen LogP contribution in [0, 0.1) is 6.92 Å². The molecule has 184 valence electrons. The Morgan fingerprint density at radius 3 is 2.58 bits per heavy atom.